The summed E-state index contributed by atoms with van der Waals surface area (Å²) in [6.07, 6.45) is 1.48. The van der Waals surface area contributed by atoms with Crippen LogP contribution in [-0.2, 0) is 6.54 Å². The third-order valence-corrected chi connectivity index (χ3v) is 2.82. The van der Waals surface area contributed by atoms with E-state index in [9.17, 15) is 0 Å². The highest BCUT2D eigenvalue weighted by Gasteiger charge is 2.03. The van der Waals surface area contributed by atoms with E-state index in [1.807, 2.05) is 30.3 Å². The SMILES string of the molecule is N#Cc1cnc(NCc2ccccc2Cl)c(N)c1. The van der Waals surface area contributed by atoms with Gasteiger partial charge in [-0.2, -0.15) is 5.26 Å². The smallest absolute Gasteiger partial charge is 0.149 e. The van der Waals surface area contributed by atoms with E-state index in [1.165, 1.54) is 6.20 Å². The molecule has 1 heterocycles. The van der Waals surface area contributed by atoms with Gasteiger partial charge in [0.2, 0.25) is 0 Å². The molecule has 0 aliphatic heterocycles. The Hall–Kier alpha value is -2.25. The van der Waals surface area contributed by atoms with E-state index in [0.717, 1.165) is 5.56 Å². The van der Waals surface area contributed by atoms with Crippen molar-refractivity contribution >= 4 is 23.1 Å². The summed E-state index contributed by atoms with van der Waals surface area (Å²) in [6, 6.07) is 11.1. The maximum Gasteiger partial charge on any atom is 0.149 e. The van der Waals surface area contributed by atoms with Crippen LogP contribution in [0.1, 0.15) is 11.1 Å². The minimum absolute atomic E-state index is 0.441. The molecule has 1 aromatic carbocycles. The van der Waals surface area contributed by atoms with Crippen LogP contribution < -0.4 is 11.1 Å². The summed E-state index contributed by atoms with van der Waals surface area (Å²) in [5.74, 6) is 0.550. The predicted octanol–water partition coefficient (Wildman–Crippen LogP) is 2.80. The molecular weight excluding hydrogens is 248 g/mol. The maximum atomic E-state index is 8.71. The minimum atomic E-state index is 0.441. The fraction of sp³-hybridized carbons (Fsp3) is 0.0769. The highest BCUT2D eigenvalue weighted by molar-refractivity contribution is 6.31. The number of hydrogen-bond donors (Lipinski definition) is 2. The van der Waals surface area contributed by atoms with Crippen molar-refractivity contribution in [3.05, 3.63) is 52.7 Å². The van der Waals surface area contributed by atoms with Gasteiger partial charge in [-0.15, -0.1) is 0 Å². The van der Waals surface area contributed by atoms with Gasteiger partial charge in [0.1, 0.15) is 11.9 Å². The average Bonchev–Trinajstić information content (AvgIpc) is 2.39. The van der Waals surface area contributed by atoms with E-state index in [-0.39, 0.29) is 0 Å². The fourth-order valence-electron chi connectivity index (χ4n) is 1.51. The van der Waals surface area contributed by atoms with Crippen molar-refractivity contribution in [2.45, 2.75) is 6.54 Å². The number of nitrogens with zero attached hydrogens (tertiary/aromatic N) is 2. The van der Waals surface area contributed by atoms with Gasteiger partial charge in [-0.3, -0.25) is 0 Å². The molecule has 0 aliphatic rings. The van der Waals surface area contributed by atoms with Gasteiger partial charge in [0.25, 0.3) is 0 Å². The number of aromatic nitrogens is 1. The third-order valence-electron chi connectivity index (χ3n) is 2.45. The number of hydrogen-bond acceptors (Lipinski definition) is 4. The summed E-state index contributed by atoms with van der Waals surface area (Å²) in [5, 5.41) is 12.5. The number of pyridine rings is 1. The molecule has 0 unspecified atom stereocenters. The molecule has 90 valence electrons. The van der Waals surface area contributed by atoms with E-state index < -0.39 is 0 Å². The van der Waals surface area contributed by atoms with Crippen molar-refractivity contribution in [1.29, 1.82) is 5.26 Å². The Balaban J connectivity index is 2.12. The van der Waals surface area contributed by atoms with Gasteiger partial charge in [0.05, 0.1) is 11.3 Å². The lowest BCUT2D eigenvalue weighted by Crippen LogP contribution is -2.05. The molecule has 1 aromatic heterocycles. The van der Waals surface area contributed by atoms with Gasteiger partial charge in [0.15, 0.2) is 0 Å². The van der Waals surface area contributed by atoms with Crippen LogP contribution in [0.15, 0.2) is 36.5 Å². The molecule has 0 atom stereocenters. The number of nitrogen functional groups attached to an aromatic ring is 1. The van der Waals surface area contributed by atoms with Crippen LogP contribution >= 0.6 is 11.6 Å². The second-order valence-corrected chi connectivity index (χ2v) is 4.13. The zero-order chi connectivity index (χ0) is 13.0. The van der Waals surface area contributed by atoms with Crippen LogP contribution in [0.2, 0.25) is 5.02 Å². The molecule has 5 heteroatoms. The molecular formula is C13H11ClN4. The average molecular weight is 259 g/mol. The van der Waals surface area contributed by atoms with Gasteiger partial charge in [-0.1, -0.05) is 29.8 Å². The van der Waals surface area contributed by atoms with Gasteiger partial charge < -0.3 is 11.1 Å². The molecule has 0 radical (unpaired) electrons. The van der Waals surface area contributed by atoms with Crippen LogP contribution in [-0.4, -0.2) is 4.98 Å². The molecule has 4 nitrogen and oxygen atoms in total. The monoisotopic (exact) mass is 258 g/mol. The lowest BCUT2D eigenvalue weighted by molar-refractivity contribution is 1.11. The number of rotatable bonds is 3. The van der Waals surface area contributed by atoms with Crippen molar-refractivity contribution in [3.63, 3.8) is 0 Å². The minimum Gasteiger partial charge on any atom is -0.396 e. The van der Waals surface area contributed by atoms with Crippen LogP contribution in [0, 0.1) is 11.3 Å². The number of nitrogens with one attached hydrogen (secondary N) is 1. The summed E-state index contributed by atoms with van der Waals surface area (Å²) in [5.41, 5.74) is 7.64. The summed E-state index contributed by atoms with van der Waals surface area (Å²) in [6.45, 7) is 0.531. The first-order chi connectivity index (χ1) is 8.70. The van der Waals surface area contributed by atoms with Gasteiger partial charge in [-0.05, 0) is 17.7 Å². The van der Waals surface area contributed by atoms with Crippen molar-refractivity contribution in [2.75, 3.05) is 11.1 Å². The normalized spacial score (nSPS) is 9.78. The van der Waals surface area contributed by atoms with E-state index >= 15 is 0 Å². The largest absolute Gasteiger partial charge is 0.396 e. The summed E-state index contributed by atoms with van der Waals surface area (Å²) >= 11 is 6.04. The van der Waals surface area contributed by atoms with Crippen molar-refractivity contribution in [3.8, 4) is 6.07 Å². The molecule has 0 bridgehead atoms. The Labute approximate surface area is 110 Å². The van der Waals surface area contributed by atoms with E-state index in [1.54, 1.807) is 6.07 Å². The number of nitriles is 1. The molecule has 0 saturated heterocycles. The van der Waals surface area contributed by atoms with Crippen LogP contribution in [0.5, 0.6) is 0 Å². The Morgan fingerprint density at radius 3 is 2.83 bits per heavy atom. The standard InChI is InChI=1S/C13H11ClN4/c14-11-4-2-1-3-10(11)8-18-13-12(16)5-9(6-15)7-17-13/h1-5,7H,8,16H2,(H,17,18). The lowest BCUT2D eigenvalue weighted by Gasteiger charge is -2.09. The van der Waals surface area contributed by atoms with Gasteiger partial charge in [-0.25, -0.2) is 4.98 Å². The number of halogens is 1. The predicted molar refractivity (Wildman–Crippen MR) is 72.1 cm³/mol. The van der Waals surface area contributed by atoms with E-state index in [2.05, 4.69) is 10.3 Å². The number of anilines is 2. The number of benzene rings is 1. The second kappa shape index (κ2) is 5.39. The molecule has 0 amide bonds. The molecule has 0 aliphatic carbocycles. The van der Waals surface area contributed by atoms with E-state index in [4.69, 9.17) is 22.6 Å². The Kier molecular flexibility index (Phi) is 3.66. The third kappa shape index (κ3) is 2.70. The summed E-state index contributed by atoms with van der Waals surface area (Å²) in [4.78, 5) is 4.09. The van der Waals surface area contributed by atoms with Crippen LogP contribution in [0.3, 0.4) is 0 Å². The number of nitrogens with two attached hydrogens (primary N) is 1. The van der Waals surface area contributed by atoms with Crippen LogP contribution in [0.4, 0.5) is 11.5 Å². The summed E-state index contributed by atoms with van der Waals surface area (Å²) in [7, 11) is 0. The quantitative estimate of drug-likeness (QED) is 0.888. The summed E-state index contributed by atoms with van der Waals surface area (Å²) < 4.78 is 0. The Morgan fingerprint density at radius 1 is 1.39 bits per heavy atom. The molecule has 2 rings (SSSR count). The van der Waals surface area contributed by atoms with Crippen molar-refractivity contribution < 1.29 is 0 Å². The molecule has 2 aromatic rings. The molecule has 0 spiro atoms. The molecule has 18 heavy (non-hydrogen) atoms. The molecule has 3 N–H and O–H groups in total. The highest BCUT2D eigenvalue weighted by atomic mass is 35.5. The van der Waals surface area contributed by atoms with Crippen LogP contribution in [0.25, 0.3) is 0 Å². The Bertz CT molecular complexity index is 604. The van der Waals surface area contributed by atoms with Gasteiger partial charge >= 0.3 is 0 Å². The second-order valence-electron chi connectivity index (χ2n) is 3.72. The van der Waals surface area contributed by atoms with Crippen molar-refractivity contribution in [2.24, 2.45) is 0 Å². The first kappa shape index (κ1) is 12.2. The molecule has 0 saturated carbocycles. The maximum absolute atomic E-state index is 8.71. The Morgan fingerprint density at radius 2 is 2.17 bits per heavy atom. The first-order valence-electron chi connectivity index (χ1n) is 5.33. The van der Waals surface area contributed by atoms with Crippen molar-refractivity contribution in [1.82, 2.24) is 4.98 Å². The zero-order valence-corrected chi connectivity index (χ0v) is 10.3. The van der Waals surface area contributed by atoms with Gasteiger partial charge in [0, 0.05) is 17.8 Å². The zero-order valence-electron chi connectivity index (χ0n) is 9.52. The molecule has 0 fully saturated rings. The first-order valence-corrected chi connectivity index (χ1v) is 5.71. The lowest BCUT2D eigenvalue weighted by atomic mass is 10.2. The topological polar surface area (TPSA) is 74.7 Å². The fourth-order valence-corrected chi connectivity index (χ4v) is 1.71. The highest BCUT2D eigenvalue weighted by Crippen LogP contribution is 2.19. The van der Waals surface area contributed by atoms with E-state index in [0.29, 0.717) is 28.6 Å².